The lowest BCUT2D eigenvalue weighted by Gasteiger charge is -2.15. The number of hydrogen-bond donors (Lipinski definition) is 0. The van der Waals surface area contributed by atoms with E-state index in [9.17, 15) is 0 Å². The quantitative estimate of drug-likeness (QED) is 0.639. The Balaban J connectivity index is -0.000000266. The third-order valence-electron chi connectivity index (χ3n) is 1.73. The molecule has 0 spiro atoms. The topological polar surface area (TPSA) is 3.24 Å². The molecule has 1 nitrogen and oxygen atoms in total. The molecule has 0 aliphatic carbocycles. The Morgan fingerprint density at radius 1 is 1.00 bits per heavy atom. The Morgan fingerprint density at radius 2 is 1.43 bits per heavy atom. The molecule has 1 atom stereocenters. The smallest absolute Gasteiger partial charge is 0.0000919 e. The van der Waals surface area contributed by atoms with E-state index in [-0.39, 0.29) is 0 Å². The zero-order valence-electron chi connectivity index (χ0n) is 11.9. The van der Waals surface area contributed by atoms with Crippen LogP contribution in [-0.4, -0.2) is 25.5 Å². The fourth-order valence-corrected chi connectivity index (χ4v) is 1.27. The zero-order valence-corrected chi connectivity index (χ0v) is 11.9. The second kappa shape index (κ2) is 18.7. The van der Waals surface area contributed by atoms with E-state index < -0.39 is 0 Å². The maximum absolute atomic E-state index is 2.33. The Hall–Kier alpha value is -0.0400. The van der Waals surface area contributed by atoms with Gasteiger partial charge in [0.2, 0.25) is 0 Å². The van der Waals surface area contributed by atoms with E-state index in [0.29, 0.717) is 0 Å². The monoisotopic (exact) mass is 203 g/mol. The van der Waals surface area contributed by atoms with Gasteiger partial charge in [0, 0.05) is 6.54 Å². The van der Waals surface area contributed by atoms with Gasteiger partial charge < -0.3 is 4.90 Å². The lowest BCUT2D eigenvalue weighted by molar-refractivity contribution is 0.323. The summed E-state index contributed by atoms with van der Waals surface area (Å²) in [5.74, 6) is 0.870. The van der Waals surface area contributed by atoms with Gasteiger partial charge in [-0.3, -0.25) is 0 Å². The first kappa shape index (κ1) is 19.5. The van der Waals surface area contributed by atoms with Crippen LogP contribution in [0.15, 0.2) is 0 Å². The molecule has 0 aromatic carbocycles. The average Bonchev–Trinajstić information content (AvgIpc) is 2.20. The maximum Gasteiger partial charge on any atom is 0.0000919 e. The van der Waals surface area contributed by atoms with Crippen LogP contribution in [0.2, 0.25) is 0 Å². The van der Waals surface area contributed by atoms with Gasteiger partial charge in [-0.25, -0.2) is 0 Å². The molecular formula is C13H33N. The zero-order chi connectivity index (χ0) is 12.0. The van der Waals surface area contributed by atoms with Crippen molar-refractivity contribution < 1.29 is 0 Å². The molecule has 0 amide bonds. The summed E-state index contributed by atoms with van der Waals surface area (Å²) in [4.78, 5) is 2.26. The molecule has 0 heterocycles. The molecule has 0 saturated heterocycles. The molecule has 0 aromatic rings. The average molecular weight is 203 g/mol. The second-order valence-electron chi connectivity index (χ2n) is 3.51. The maximum atomic E-state index is 2.33. The van der Waals surface area contributed by atoms with Crippen LogP contribution >= 0.6 is 0 Å². The molecule has 0 aromatic heterocycles. The Labute approximate surface area is 92.9 Å². The highest BCUT2D eigenvalue weighted by Crippen LogP contribution is 2.07. The summed E-state index contributed by atoms with van der Waals surface area (Å²) in [5, 5.41) is 0. The summed E-state index contributed by atoms with van der Waals surface area (Å²) in [7, 11) is 4.28. The minimum Gasteiger partial charge on any atom is -0.309 e. The molecule has 0 saturated carbocycles. The van der Waals surface area contributed by atoms with Gasteiger partial charge in [-0.1, -0.05) is 54.4 Å². The number of nitrogens with zero attached hydrogens (tertiary/aromatic N) is 1. The van der Waals surface area contributed by atoms with Crippen LogP contribution in [0.5, 0.6) is 0 Å². The van der Waals surface area contributed by atoms with Gasteiger partial charge in [0.1, 0.15) is 0 Å². The van der Waals surface area contributed by atoms with Crippen LogP contribution in [0, 0.1) is 5.92 Å². The molecule has 14 heavy (non-hydrogen) atoms. The lowest BCUT2D eigenvalue weighted by atomic mass is 10.0. The Bertz CT molecular complexity index is 69.6. The highest BCUT2D eigenvalue weighted by molar-refractivity contribution is 4.55. The Kier molecular flexibility index (Phi) is 26.1. The number of rotatable bonds is 5. The fourth-order valence-electron chi connectivity index (χ4n) is 1.27. The van der Waals surface area contributed by atoms with E-state index in [1.807, 2.05) is 27.7 Å². The largest absolute Gasteiger partial charge is 0.309 e. The first-order valence-corrected chi connectivity index (χ1v) is 6.31. The van der Waals surface area contributed by atoms with Gasteiger partial charge in [0.15, 0.2) is 0 Å². The summed E-state index contributed by atoms with van der Waals surface area (Å²) in [5.41, 5.74) is 0. The molecule has 90 valence electrons. The van der Waals surface area contributed by atoms with Crippen LogP contribution in [0.3, 0.4) is 0 Å². The van der Waals surface area contributed by atoms with Crippen LogP contribution in [0.4, 0.5) is 0 Å². The summed E-state index contributed by atoms with van der Waals surface area (Å²) < 4.78 is 0. The van der Waals surface area contributed by atoms with Crippen molar-refractivity contribution in [1.29, 1.82) is 0 Å². The van der Waals surface area contributed by atoms with E-state index in [1.165, 1.54) is 25.8 Å². The van der Waals surface area contributed by atoms with E-state index in [2.05, 4.69) is 32.8 Å². The van der Waals surface area contributed by atoms with Gasteiger partial charge in [-0.2, -0.15) is 0 Å². The van der Waals surface area contributed by atoms with Gasteiger partial charge in [0.05, 0.1) is 0 Å². The van der Waals surface area contributed by atoms with Crippen LogP contribution in [-0.2, 0) is 0 Å². The van der Waals surface area contributed by atoms with Crippen molar-refractivity contribution in [2.75, 3.05) is 20.6 Å². The van der Waals surface area contributed by atoms with Gasteiger partial charge >= 0.3 is 0 Å². The molecule has 0 radical (unpaired) electrons. The number of hydrogen-bond acceptors (Lipinski definition) is 1. The van der Waals surface area contributed by atoms with Crippen molar-refractivity contribution in [3.05, 3.63) is 0 Å². The summed E-state index contributed by atoms with van der Waals surface area (Å²) in [6, 6.07) is 0. The predicted octanol–water partition coefficient (Wildman–Crippen LogP) is 4.43. The molecule has 0 unspecified atom stereocenters. The molecule has 1 heteroatoms. The summed E-state index contributed by atoms with van der Waals surface area (Å²) >= 11 is 0. The minimum atomic E-state index is 0.870. The van der Waals surface area contributed by atoms with E-state index in [0.717, 1.165) is 5.92 Å². The van der Waals surface area contributed by atoms with Crippen molar-refractivity contribution >= 4 is 0 Å². The van der Waals surface area contributed by atoms with Crippen LogP contribution < -0.4 is 0 Å². The highest BCUT2D eigenvalue weighted by atomic mass is 15.1. The van der Waals surface area contributed by atoms with Crippen molar-refractivity contribution in [2.24, 2.45) is 5.92 Å². The normalized spacial score (nSPS) is 10.9. The van der Waals surface area contributed by atoms with Crippen molar-refractivity contribution in [3.63, 3.8) is 0 Å². The minimum absolute atomic E-state index is 0.870. The third-order valence-corrected chi connectivity index (χ3v) is 1.73. The molecule has 0 bridgehead atoms. The molecule has 0 aliphatic rings. The Morgan fingerprint density at radius 3 is 1.71 bits per heavy atom. The van der Waals surface area contributed by atoms with E-state index in [1.54, 1.807) is 0 Å². The molecule has 0 fully saturated rings. The van der Waals surface area contributed by atoms with Crippen LogP contribution in [0.25, 0.3) is 0 Å². The summed E-state index contributed by atoms with van der Waals surface area (Å²) in [6.45, 7) is 13.8. The third kappa shape index (κ3) is 22.7. The predicted molar refractivity (Wildman–Crippen MR) is 69.9 cm³/mol. The van der Waals surface area contributed by atoms with Crippen LogP contribution in [0.1, 0.15) is 60.8 Å². The van der Waals surface area contributed by atoms with Crippen molar-refractivity contribution in [3.8, 4) is 0 Å². The van der Waals surface area contributed by atoms with E-state index in [4.69, 9.17) is 0 Å². The SMILES string of the molecule is CC.CC.CCCC[C@H](C)CN(C)C. The standard InChI is InChI=1S/C9H21N.2C2H6/c1-5-6-7-9(2)8-10(3)4;2*1-2/h9H,5-8H2,1-4H3;2*1-2H3/t9-;;/m0../s1. The van der Waals surface area contributed by atoms with E-state index >= 15 is 0 Å². The lowest BCUT2D eigenvalue weighted by Crippen LogP contribution is -2.19. The van der Waals surface area contributed by atoms with Gasteiger partial charge in [-0.05, 0) is 26.4 Å². The first-order valence-electron chi connectivity index (χ1n) is 6.31. The highest BCUT2D eigenvalue weighted by Gasteiger charge is 2.01. The molecule has 0 rings (SSSR count). The molecule has 0 aliphatic heterocycles. The second-order valence-corrected chi connectivity index (χ2v) is 3.51. The van der Waals surface area contributed by atoms with Crippen molar-refractivity contribution in [1.82, 2.24) is 4.90 Å². The molecular weight excluding hydrogens is 170 g/mol. The van der Waals surface area contributed by atoms with Gasteiger partial charge in [-0.15, -0.1) is 0 Å². The first-order chi connectivity index (χ1) is 6.66. The molecule has 0 N–H and O–H groups in total. The van der Waals surface area contributed by atoms with Crippen molar-refractivity contribution in [2.45, 2.75) is 60.8 Å². The number of unbranched alkanes of at least 4 members (excludes halogenated alkanes) is 1. The fraction of sp³-hybridized carbons (Fsp3) is 1.00. The summed E-state index contributed by atoms with van der Waals surface area (Å²) in [6.07, 6.45) is 4.10. The van der Waals surface area contributed by atoms with Gasteiger partial charge in [0.25, 0.3) is 0 Å².